The van der Waals surface area contributed by atoms with Gasteiger partial charge in [-0.1, -0.05) is 42.5 Å². The molecular weight excluding hydrogens is 284 g/mol. The molecule has 23 heavy (non-hydrogen) atoms. The van der Waals surface area contributed by atoms with Crippen molar-refractivity contribution in [3.05, 3.63) is 60.2 Å². The summed E-state index contributed by atoms with van der Waals surface area (Å²) in [5.41, 5.74) is 3.05. The van der Waals surface area contributed by atoms with Gasteiger partial charge >= 0.3 is 0 Å². The molecule has 1 N–H and O–H groups in total. The predicted molar refractivity (Wildman–Crippen MR) is 95.2 cm³/mol. The molecule has 1 aliphatic heterocycles. The molecule has 0 saturated carbocycles. The minimum atomic E-state index is -0.324. The van der Waals surface area contributed by atoms with Crippen LogP contribution in [0.25, 0.3) is 0 Å². The van der Waals surface area contributed by atoms with Gasteiger partial charge in [0, 0.05) is 19.5 Å². The summed E-state index contributed by atoms with van der Waals surface area (Å²) in [6, 6.07) is 18.7. The fourth-order valence-corrected chi connectivity index (χ4v) is 2.74. The summed E-state index contributed by atoms with van der Waals surface area (Å²) < 4.78 is 0. The third-order valence-corrected chi connectivity index (χ3v) is 4.29. The lowest BCUT2D eigenvalue weighted by Gasteiger charge is -2.31. The van der Waals surface area contributed by atoms with E-state index in [1.54, 1.807) is 0 Å². The van der Waals surface area contributed by atoms with E-state index in [9.17, 15) is 0 Å². The summed E-state index contributed by atoms with van der Waals surface area (Å²) in [6.07, 6.45) is 2.00. The number of azo groups is 1. The zero-order valence-corrected chi connectivity index (χ0v) is 13.9. The van der Waals surface area contributed by atoms with Crippen LogP contribution in [0.3, 0.4) is 0 Å². The van der Waals surface area contributed by atoms with Crippen molar-refractivity contribution in [2.45, 2.75) is 25.4 Å². The molecule has 2 aromatic rings. The lowest BCUT2D eigenvalue weighted by molar-refractivity contribution is 0.298. The Morgan fingerprint density at radius 3 is 2.57 bits per heavy atom. The Morgan fingerprint density at radius 2 is 1.74 bits per heavy atom. The maximum atomic E-state index is 4.48. The zero-order valence-electron chi connectivity index (χ0n) is 13.9. The van der Waals surface area contributed by atoms with Gasteiger partial charge in [0.25, 0.3) is 0 Å². The predicted octanol–water partition coefficient (Wildman–Crippen LogP) is 4.48. The molecule has 4 heteroatoms. The smallest absolute Gasteiger partial charge is 0.149 e. The summed E-state index contributed by atoms with van der Waals surface area (Å²) in [5.74, 6) is 0. The molecule has 0 saturated heterocycles. The van der Waals surface area contributed by atoms with E-state index in [1.165, 1.54) is 5.56 Å². The number of para-hydroxylation sites is 1. The molecule has 0 amide bonds. The number of fused-ring (bicyclic) bond motifs is 1. The topological polar surface area (TPSA) is 40.0 Å². The van der Waals surface area contributed by atoms with E-state index in [2.05, 4.69) is 70.8 Å². The van der Waals surface area contributed by atoms with Crippen molar-refractivity contribution in [2.75, 3.05) is 25.5 Å². The Balaban J connectivity index is 1.50. The Hall–Kier alpha value is -2.20. The van der Waals surface area contributed by atoms with Crippen LogP contribution < -0.4 is 5.32 Å². The first kappa shape index (κ1) is 15.7. The molecule has 0 radical (unpaired) electrons. The second kappa shape index (κ2) is 6.92. The minimum absolute atomic E-state index is 0.324. The summed E-state index contributed by atoms with van der Waals surface area (Å²) >= 11 is 0. The molecule has 1 atom stereocenters. The zero-order chi connectivity index (χ0) is 16.1. The van der Waals surface area contributed by atoms with Gasteiger partial charge in [-0.3, -0.25) is 0 Å². The average molecular weight is 308 g/mol. The van der Waals surface area contributed by atoms with E-state index in [0.717, 1.165) is 37.3 Å². The van der Waals surface area contributed by atoms with Gasteiger partial charge in [0.1, 0.15) is 11.4 Å². The van der Waals surface area contributed by atoms with Gasteiger partial charge in [-0.15, -0.1) is 0 Å². The van der Waals surface area contributed by atoms with Crippen LogP contribution in [0.2, 0.25) is 0 Å². The van der Waals surface area contributed by atoms with Gasteiger partial charge in [-0.25, -0.2) is 0 Å². The number of benzene rings is 2. The van der Waals surface area contributed by atoms with E-state index in [-0.39, 0.29) is 5.66 Å². The van der Waals surface area contributed by atoms with Crippen LogP contribution in [-0.4, -0.2) is 30.7 Å². The number of hydrogen-bond acceptors (Lipinski definition) is 4. The van der Waals surface area contributed by atoms with Crippen molar-refractivity contribution in [3.8, 4) is 0 Å². The number of likely N-dealkylation sites (N-methyl/N-ethyl adjacent to an activating group) is 1. The summed E-state index contributed by atoms with van der Waals surface area (Å²) in [5, 5.41) is 12.4. The van der Waals surface area contributed by atoms with E-state index in [0.29, 0.717) is 0 Å². The lowest BCUT2D eigenvalue weighted by Crippen LogP contribution is -2.38. The van der Waals surface area contributed by atoms with Crippen LogP contribution >= 0.6 is 0 Å². The largest absolute Gasteiger partial charge is 0.358 e. The van der Waals surface area contributed by atoms with Crippen LogP contribution in [-0.2, 0) is 6.42 Å². The van der Waals surface area contributed by atoms with Crippen LogP contribution in [0.1, 0.15) is 18.9 Å². The maximum absolute atomic E-state index is 4.48. The van der Waals surface area contributed by atoms with Crippen LogP contribution in [0.4, 0.5) is 11.4 Å². The Kier molecular flexibility index (Phi) is 4.72. The second-order valence-electron chi connectivity index (χ2n) is 6.40. The highest BCUT2D eigenvalue weighted by Crippen LogP contribution is 2.34. The summed E-state index contributed by atoms with van der Waals surface area (Å²) in [6.45, 7) is 4.14. The first-order valence-electron chi connectivity index (χ1n) is 8.17. The van der Waals surface area contributed by atoms with Gasteiger partial charge in [0.05, 0.1) is 5.69 Å². The molecule has 120 valence electrons. The second-order valence-corrected chi connectivity index (χ2v) is 6.40. The Bertz CT molecular complexity index is 668. The van der Waals surface area contributed by atoms with Crippen molar-refractivity contribution >= 4 is 11.4 Å². The van der Waals surface area contributed by atoms with Crippen molar-refractivity contribution < 1.29 is 0 Å². The normalized spacial score (nSPS) is 19.4. The van der Waals surface area contributed by atoms with Gasteiger partial charge in [0.15, 0.2) is 0 Å². The van der Waals surface area contributed by atoms with E-state index in [1.807, 2.05) is 18.2 Å². The van der Waals surface area contributed by atoms with Crippen LogP contribution in [0.15, 0.2) is 64.8 Å². The molecule has 0 fully saturated rings. The number of anilines is 1. The number of nitrogens with one attached hydrogen (secondary N) is 1. The van der Waals surface area contributed by atoms with Gasteiger partial charge in [-0.2, -0.15) is 10.2 Å². The average Bonchev–Trinajstić information content (AvgIpc) is 2.59. The fraction of sp³-hybridized carbons (Fsp3) is 0.368. The highest BCUT2D eigenvalue weighted by atomic mass is 15.3. The molecule has 1 aliphatic rings. The third kappa shape index (κ3) is 4.17. The Labute approximate surface area is 138 Å². The van der Waals surface area contributed by atoms with Crippen molar-refractivity contribution in [1.82, 2.24) is 4.90 Å². The third-order valence-electron chi connectivity index (χ3n) is 4.29. The molecule has 1 unspecified atom stereocenters. The summed E-state index contributed by atoms with van der Waals surface area (Å²) in [4.78, 5) is 2.36. The fourth-order valence-electron chi connectivity index (χ4n) is 2.74. The lowest BCUT2D eigenvalue weighted by atomic mass is 10.1. The number of rotatable bonds is 6. The molecule has 2 aromatic carbocycles. The highest BCUT2D eigenvalue weighted by Gasteiger charge is 2.27. The van der Waals surface area contributed by atoms with Crippen molar-refractivity contribution in [2.24, 2.45) is 10.2 Å². The highest BCUT2D eigenvalue weighted by molar-refractivity contribution is 5.66. The maximum Gasteiger partial charge on any atom is 0.149 e. The standard InChI is InChI=1S/C19H24N4/c1-19(20-17-10-6-7-11-18(17)21-22-19)13-15-23(2)14-12-16-8-4-3-5-9-16/h3-11,20H,12-15H2,1-2H3. The molecule has 1 heterocycles. The van der Waals surface area contributed by atoms with Gasteiger partial charge < -0.3 is 10.2 Å². The van der Waals surface area contributed by atoms with E-state index < -0.39 is 0 Å². The molecule has 3 rings (SSSR count). The molecular formula is C19H24N4. The molecule has 4 nitrogen and oxygen atoms in total. The quantitative estimate of drug-likeness (QED) is 0.855. The number of nitrogens with zero attached hydrogens (tertiary/aromatic N) is 3. The molecule has 0 bridgehead atoms. The monoisotopic (exact) mass is 308 g/mol. The summed E-state index contributed by atoms with van der Waals surface area (Å²) in [7, 11) is 2.17. The van der Waals surface area contributed by atoms with Crippen LogP contribution in [0.5, 0.6) is 0 Å². The minimum Gasteiger partial charge on any atom is -0.358 e. The van der Waals surface area contributed by atoms with E-state index in [4.69, 9.17) is 0 Å². The van der Waals surface area contributed by atoms with Crippen LogP contribution in [0, 0.1) is 0 Å². The molecule has 0 aliphatic carbocycles. The SMILES string of the molecule is CN(CCc1ccccc1)CCC1(C)N=Nc2ccccc2N1. The molecule has 0 aromatic heterocycles. The Morgan fingerprint density at radius 1 is 1.00 bits per heavy atom. The molecule has 0 spiro atoms. The van der Waals surface area contributed by atoms with Crippen molar-refractivity contribution in [1.29, 1.82) is 0 Å². The van der Waals surface area contributed by atoms with Gasteiger partial charge in [0.2, 0.25) is 0 Å². The van der Waals surface area contributed by atoms with Gasteiger partial charge in [-0.05, 0) is 38.1 Å². The first-order valence-corrected chi connectivity index (χ1v) is 8.17. The van der Waals surface area contributed by atoms with E-state index >= 15 is 0 Å². The first-order chi connectivity index (χ1) is 11.1. The van der Waals surface area contributed by atoms with Crippen molar-refractivity contribution in [3.63, 3.8) is 0 Å². The number of hydrogen-bond donors (Lipinski definition) is 1.